The summed E-state index contributed by atoms with van der Waals surface area (Å²) in [7, 11) is 0. The minimum Gasteiger partial charge on any atom is -0.322 e. The summed E-state index contributed by atoms with van der Waals surface area (Å²) >= 11 is 7.66. The van der Waals surface area contributed by atoms with Gasteiger partial charge in [-0.05, 0) is 53.9 Å². The summed E-state index contributed by atoms with van der Waals surface area (Å²) < 4.78 is 0. The van der Waals surface area contributed by atoms with Gasteiger partial charge in [0, 0.05) is 16.1 Å². The number of hydrogen-bond donors (Lipinski definition) is 2. The largest absolute Gasteiger partial charge is 0.322 e. The zero-order chi connectivity index (χ0) is 16.2. The van der Waals surface area contributed by atoms with Gasteiger partial charge in [-0.15, -0.1) is 22.0 Å². The fourth-order valence-electron chi connectivity index (χ4n) is 1.99. The molecule has 0 bridgehead atoms. The zero-order valence-electron chi connectivity index (χ0n) is 12.1. The zero-order valence-corrected chi connectivity index (χ0v) is 13.6. The molecule has 23 heavy (non-hydrogen) atoms. The van der Waals surface area contributed by atoms with Crippen LogP contribution >= 0.6 is 23.4 Å². The Balaban J connectivity index is 1.78. The topological polar surface area (TPSA) is 83.6 Å². The highest BCUT2D eigenvalue weighted by atomic mass is 35.5. The number of aromatic nitrogens is 4. The molecule has 6 nitrogen and oxygen atoms in total. The number of thioether (sulfide) groups is 1. The highest BCUT2D eigenvalue weighted by molar-refractivity contribution is 7.98. The molecule has 116 valence electrons. The van der Waals surface area contributed by atoms with Gasteiger partial charge in [0.05, 0.1) is 10.6 Å². The lowest BCUT2D eigenvalue weighted by Crippen LogP contribution is -2.12. The lowest BCUT2D eigenvalue weighted by Gasteiger charge is -2.08. The van der Waals surface area contributed by atoms with E-state index < -0.39 is 0 Å². The van der Waals surface area contributed by atoms with Crippen molar-refractivity contribution in [1.82, 2.24) is 20.6 Å². The van der Waals surface area contributed by atoms with Gasteiger partial charge >= 0.3 is 0 Å². The second kappa shape index (κ2) is 6.80. The Bertz CT molecular complexity index is 820. The number of hydrogen-bond acceptors (Lipinski definition) is 5. The molecule has 2 aromatic carbocycles. The first-order valence-electron chi connectivity index (χ1n) is 6.66. The van der Waals surface area contributed by atoms with Crippen LogP contribution in [0.25, 0.3) is 11.4 Å². The summed E-state index contributed by atoms with van der Waals surface area (Å²) in [6.07, 6.45) is 1.95. The molecule has 1 aromatic heterocycles. The van der Waals surface area contributed by atoms with Gasteiger partial charge in [-0.25, -0.2) is 0 Å². The second-order valence-corrected chi connectivity index (χ2v) is 5.90. The lowest BCUT2D eigenvalue weighted by atomic mass is 10.1. The third-order valence-electron chi connectivity index (χ3n) is 3.16. The maximum Gasteiger partial charge on any atom is 0.257 e. The average molecular weight is 346 g/mol. The van der Waals surface area contributed by atoms with Crippen molar-refractivity contribution >= 4 is 35.0 Å². The van der Waals surface area contributed by atoms with Crippen molar-refractivity contribution in [2.24, 2.45) is 0 Å². The van der Waals surface area contributed by atoms with Crippen LogP contribution in [-0.4, -0.2) is 32.8 Å². The Hall–Kier alpha value is -2.38. The summed E-state index contributed by atoms with van der Waals surface area (Å²) in [5.41, 5.74) is 1.91. The molecule has 0 saturated carbocycles. The number of tetrazole rings is 1. The molecular formula is C15H12ClN5OS. The fraction of sp³-hybridized carbons (Fsp3) is 0.0667. The molecule has 8 heteroatoms. The Morgan fingerprint density at radius 1 is 1.22 bits per heavy atom. The Morgan fingerprint density at radius 3 is 2.65 bits per heavy atom. The molecule has 0 unspecified atom stereocenters. The number of halogens is 1. The highest BCUT2D eigenvalue weighted by Gasteiger charge is 2.12. The molecule has 2 N–H and O–H groups in total. The van der Waals surface area contributed by atoms with Crippen LogP contribution in [-0.2, 0) is 0 Å². The number of anilines is 1. The number of nitrogens with one attached hydrogen (secondary N) is 2. The summed E-state index contributed by atoms with van der Waals surface area (Å²) in [4.78, 5) is 13.4. The van der Waals surface area contributed by atoms with Crippen molar-refractivity contribution in [3.8, 4) is 11.4 Å². The number of H-pyrrole nitrogens is 1. The van der Waals surface area contributed by atoms with Crippen molar-refractivity contribution in [1.29, 1.82) is 0 Å². The first-order chi connectivity index (χ1) is 11.2. The Kier molecular flexibility index (Phi) is 4.59. The normalized spacial score (nSPS) is 10.5. The van der Waals surface area contributed by atoms with Crippen LogP contribution in [0.2, 0.25) is 5.02 Å². The van der Waals surface area contributed by atoms with Gasteiger partial charge in [-0.2, -0.15) is 5.21 Å². The van der Waals surface area contributed by atoms with Crippen LogP contribution < -0.4 is 5.32 Å². The van der Waals surface area contributed by atoms with Crippen molar-refractivity contribution in [3.05, 3.63) is 53.1 Å². The number of nitrogens with zero attached hydrogens (tertiary/aromatic N) is 3. The molecule has 1 heterocycles. The van der Waals surface area contributed by atoms with Crippen molar-refractivity contribution in [2.75, 3.05) is 11.6 Å². The lowest BCUT2D eigenvalue weighted by molar-refractivity contribution is 0.102. The van der Waals surface area contributed by atoms with E-state index in [0.29, 0.717) is 22.1 Å². The predicted molar refractivity (Wildman–Crippen MR) is 90.8 cm³/mol. The number of carbonyl (C=O) groups is 1. The summed E-state index contributed by atoms with van der Waals surface area (Å²) in [5.74, 6) is 0.247. The number of benzene rings is 2. The molecule has 0 atom stereocenters. The van der Waals surface area contributed by atoms with Crippen molar-refractivity contribution < 1.29 is 4.79 Å². The molecule has 1 amide bonds. The van der Waals surface area contributed by atoms with E-state index in [2.05, 4.69) is 25.9 Å². The van der Waals surface area contributed by atoms with Gasteiger partial charge in [0.25, 0.3) is 5.91 Å². The molecule has 0 aliphatic rings. The fourth-order valence-corrected chi connectivity index (χ4v) is 2.63. The molecule has 3 rings (SSSR count). The van der Waals surface area contributed by atoms with E-state index in [1.54, 1.807) is 48.2 Å². The third-order valence-corrected chi connectivity index (χ3v) is 4.22. The SMILES string of the molecule is CSc1ccc(Cl)c(C(=O)Nc2ccc(-c3nn[nH]n3)cc2)c1. The Morgan fingerprint density at radius 2 is 2.00 bits per heavy atom. The quantitative estimate of drug-likeness (QED) is 0.707. The van der Waals surface area contributed by atoms with Crippen molar-refractivity contribution in [3.63, 3.8) is 0 Å². The minimum absolute atomic E-state index is 0.252. The number of carbonyl (C=O) groups excluding carboxylic acids is 1. The molecule has 0 radical (unpaired) electrons. The van der Waals surface area contributed by atoms with Gasteiger partial charge in [0.15, 0.2) is 0 Å². The maximum absolute atomic E-state index is 12.4. The van der Waals surface area contributed by atoms with Gasteiger partial charge < -0.3 is 5.32 Å². The third kappa shape index (κ3) is 3.52. The van der Waals surface area contributed by atoms with Gasteiger partial charge in [-0.3, -0.25) is 4.79 Å². The monoisotopic (exact) mass is 345 g/mol. The van der Waals surface area contributed by atoms with E-state index in [1.165, 1.54) is 0 Å². The molecule has 0 aliphatic heterocycles. The minimum atomic E-state index is -0.252. The molecular weight excluding hydrogens is 334 g/mol. The van der Waals surface area contributed by atoms with E-state index in [1.807, 2.05) is 12.3 Å². The van der Waals surface area contributed by atoms with Gasteiger partial charge in [0.2, 0.25) is 5.82 Å². The van der Waals surface area contributed by atoms with Crippen LogP contribution in [0.3, 0.4) is 0 Å². The van der Waals surface area contributed by atoms with Crippen LogP contribution in [0.5, 0.6) is 0 Å². The van der Waals surface area contributed by atoms with Gasteiger partial charge in [0.1, 0.15) is 0 Å². The van der Waals surface area contributed by atoms with E-state index in [4.69, 9.17) is 11.6 Å². The standard InChI is InChI=1S/C15H12ClN5OS/c1-23-11-6-7-13(16)12(8-11)15(22)17-10-4-2-9(3-5-10)14-18-20-21-19-14/h2-8H,1H3,(H,17,22)(H,18,19,20,21). The van der Waals surface area contributed by atoms with Crippen LogP contribution in [0.15, 0.2) is 47.4 Å². The van der Waals surface area contributed by atoms with E-state index in [0.717, 1.165) is 10.5 Å². The second-order valence-electron chi connectivity index (χ2n) is 4.61. The Labute approximate surface area is 141 Å². The van der Waals surface area contributed by atoms with E-state index >= 15 is 0 Å². The van der Waals surface area contributed by atoms with Gasteiger partial charge in [-0.1, -0.05) is 11.6 Å². The van der Waals surface area contributed by atoms with Crippen LogP contribution in [0, 0.1) is 0 Å². The summed E-state index contributed by atoms with van der Waals surface area (Å²) in [6.45, 7) is 0. The summed E-state index contributed by atoms with van der Waals surface area (Å²) in [6, 6.07) is 12.5. The molecule has 0 aliphatic carbocycles. The summed E-state index contributed by atoms with van der Waals surface area (Å²) in [5, 5.41) is 17.0. The van der Waals surface area contributed by atoms with Crippen LogP contribution in [0.1, 0.15) is 10.4 Å². The smallest absolute Gasteiger partial charge is 0.257 e. The first kappa shape index (κ1) is 15.5. The molecule has 0 spiro atoms. The maximum atomic E-state index is 12.4. The van der Waals surface area contributed by atoms with Crippen molar-refractivity contribution in [2.45, 2.75) is 4.90 Å². The molecule has 0 fully saturated rings. The predicted octanol–water partition coefficient (Wildman–Crippen LogP) is 3.49. The average Bonchev–Trinajstić information content (AvgIpc) is 3.10. The molecule has 3 aromatic rings. The van der Waals surface area contributed by atoms with E-state index in [9.17, 15) is 4.79 Å². The highest BCUT2D eigenvalue weighted by Crippen LogP contribution is 2.24. The molecule has 0 saturated heterocycles. The van der Waals surface area contributed by atoms with Crippen LogP contribution in [0.4, 0.5) is 5.69 Å². The number of aromatic amines is 1. The number of rotatable bonds is 4. The number of amides is 1. The van der Waals surface area contributed by atoms with E-state index in [-0.39, 0.29) is 5.91 Å². The first-order valence-corrected chi connectivity index (χ1v) is 8.26.